The molecule has 1 saturated heterocycles. The van der Waals surface area contributed by atoms with Gasteiger partial charge in [-0.25, -0.2) is 9.59 Å². The van der Waals surface area contributed by atoms with Crippen LogP contribution in [0.3, 0.4) is 0 Å². The van der Waals surface area contributed by atoms with Crippen LogP contribution in [0.2, 0.25) is 0 Å². The number of hydrogen-bond donors (Lipinski definition) is 0. The van der Waals surface area contributed by atoms with Gasteiger partial charge in [0, 0.05) is 6.54 Å². The maximum absolute atomic E-state index is 12.2. The van der Waals surface area contributed by atoms with E-state index in [0.717, 1.165) is 19.3 Å². The molecule has 0 bridgehead atoms. The van der Waals surface area contributed by atoms with Gasteiger partial charge in [-0.2, -0.15) is 0 Å². The van der Waals surface area contributed by atoms with Gasteiger partial charge < -0.3 is 9.47 Å². The number of unbranched alkanes of at least 4 members (excludes halogenated alkanes) is 5. The van der Waals surface area contributed by atoms with E-state index in [2.05, 4.69) is 6.92 Å². The minimum atomic E-state index is -0.474. The lowest BCUT2D eigenvalue weighted by Crippen LogP contribution is -2.42. The third kappa shape index (κ3) is 8.02. The molecule has 0 aliphatic carbocycles. The minimum absolute atomic E-state index is 0.0802. The molecule has 1 aliphatic rings. The predicted octanol–water partition coefficient (Wildman–Crippen LogP) is 4.54. The second kappa shape index (κ2) is 10.6. The molecule has 1 amide bonds. The summed E-state index contributed by atoms with van der Waals surface area (Å²) in [5, 5.41) is 0. The van der Waals surface area contributed by atoms with Crippen molar-refractivity contribution in [1.29, 1.82) is 0 Å². The van der Waals surface area contributed by atoms with Crippen LogP contribution in [0.4, 0.5) is 4.79 Å². The van der Waals surface area contributed by atoms with Gasteiger partial charge in [-0.15, -0.1) is 0 Å². The van der Waals surface area contributed by atoms with Crippen molar-refractivity contribution in [3.8, 4) is 0 Å². The van der Waals surface area contributed by atoms with E-state index in [9.17, 15) is 9.59 Å². The van der Waals surface area contributed by atoms with E-state index in [1.807, 2.05) is 20.8 Å². The Bertz CT molecular complexity index is 389. The number of likely N-dealkylation sites (tertiary alicyclic amines) is 1. The first-order chi connectivity index (χ1) is 11.3. The molecule has 5 nitrogen and oxygen atoms in total. The predicted molar refractivity (Wildman–Crippen MR) is 94.9 cm³/mol. The van der Waals surface area contributed by atoms with Crippen LogP contribution >= 0.6 is 0 Å². The number of esters is 1. The van der Waals surface area contributed by atoms with Gasteiger partial charge in [0.1, 0.15) is 6.04 Å². The fraction of sp³-hybridized carbons (Fsp3) is 0.895. The summed E-state index contributed by atoms with van der Waals surface area (Å²) in [5.41, 5.74) is -0.0802. The molecule has 0 saturated carbocycles. The van der Waals surface area contributed by atoms with Crippen molar-refractivity contribution < 1.29 is 19.1 Å². The fourth-order valence-electron chi connectivity index (χ4n) is 2.74. The molecule has 1 fully saturated rings. The maximum Gasteiger partial charge on any atom is 0.410 e. The molecule has 1 atom stereocenters. The molecule has 0 spiro atoms. The highest BCUT2D eigenvalue weighted by Gasteiger charge is 2.36. The molecule has 0 aromatic heterocycles. The second-order valence-electron chi connectivity index (χ2n) is 7.90. The molecule has 140 valence electrons. The lowest BCUT2D eigenvalue weighted by atomic mass is 9.99. The molecular formula is C19H35NO4. The van der Waals surface area contributed by atoms with Gasteiger partial charge in [-0.1, -0.05) is 59.8 Å². The molecule has 1 aliphatic heterocycles. The van der Waals surface area contributed by atoms with Crippen molar-refractivity contribution in [3.05, 3.63) is 0 Å². The topological polar surface area (TPSA) is 55.8 Å². The standard InChI is InChI=1S/C19H35NO4/c1-5-6-7-8-9-10-14-23-17(21)16-12-11-13-20(16)18(22)24-15-19(2,3)4/h16H,5-15H2,1-4H3. The van der Waals surface area contributed by atoms with Crippen LogP contribution in [0.25, 0.3) is 0 Å². The SMILES string of the molecule is CCCCCCCCOC(=O)C1CCCN1C(=O)OCC(C)(C)C. The average molecular weight is 341 g/mol. The zero-order chi connectivity index (χ0) is 18.0. The van der Waals surface area contributed by atoms with E-state index >= 15 is 0 Å². The van der Waals surface area contributed by atoms with Crippen LogP contribution in [-0.4, -0.2) is 42.8 Å². The third-order valence-electron chi connectivity index (χ3n) is 4.13. The Kier molecular flexibility index (Phi) is 9.16. The van der Waals surface area contributed by atoms with Gasteiger partial charge in [0.05, 0.1) is 13.2 Å². The van der Waals surface area contributed by atoms with E-state index in [0.29, 0.717) is 26.2 Å². The third-order valence-corrected chi connectivity index (χ3v) is 4.13. The molecular weight excluding hydrogens is 306 g/mol. The molecule has 1 rings (SSSR count). The highest BCUT2D eigenvalue weighted by atomic mass is 16.6. The summed E-state index contributed by atoms with van der Waals surface area (Å²) in [4.78, 5) is 25.9. The summed E-state index contributed by atoms with van der Waals surface area (Å²) < 4.78 is 10.7. The Morgan fingerprint density at radius 3 is 2.38 bits per heavy atom. The first-order valence-corrected chi connectivity index (χ1v) is 9.45. The molecule has 1 unspecified atom stereocenters. The van der Waals surface area contributed by atoms with Crippen molar-refractivity contribution in [3.63, 3.8) is 0 Å². The van der Waals surface area contributed by atoms with Crippen molar-refractivity contribution in [2.45, 2.75) is 85.1 Å². The van der Waals surface area contributed by atoms with Crippen LogP contribution in [0, 0.1) is 5.41 Å². The summed E-state index contributed by atoms with van der Waals surface area (Å²) in [5.74, 6) is -0.284. The summed E-state index contributed by atoms with van der Waals surface area (Å²) in [6.07, 6.45) is 8.03. The van der Waals surface area contributed by atoms with E-state index < -0.39 is 12.1 Å². The van der Waals surface area contributed by atoms with Crippen molar-refractivity contribution >= 4 is 12.1 Å². The second-order valence-corrected chi connectivity index (χ2v) is 7.90. The largest absolute Gasteiger partial charge is 0.464 e. The molecule has 0 aromatic carbocycles. The van der Waals surface area contributed by atoms with Gasteiger partial charge in [0.2, 0.25) is 0 Å². The Morgan fingerprint density at radius 1 is 1.04 bits per heavy atom. The van der Waals surface area contributed by atoms with Gasteiger partial charge in [0.15, 0.2) is 0 Å². The smallest absolute Gasteiger partial charge is 0.410 e. The van der Waals surface area contributed by atoms with Gasteiger partial charge >= 0.3 is 12.1 Å². The molecule has 0 aromatic rings. The Morgan fingerprint density at radius 2 is 1.71 bits per heavy atom. The number of hydrogen-bond acceptors (Lipinski definition) is 4. The first-order valence-electron chi connectivity index (χ1n) is 9.45. The van der Waals surface area contributed by atoms with E-state index in [1.165, 1.54) is 30.6 Å². The molecule has 5 heteroatoms. The monoisotopic (exact) mass is 341 g/mol. The van der Waals surface area contributed by atoms with Gasteiger partial charge in [-0.05, 0) is 24.7 Å². The van der Waals surface area contributed by atoms with Crippen LogP contribution in [0.1, 0.15) is 79.1 Å². The lowest BCUT2D eigenvalue weighted by molar-refractivity contribution is -0.148. The zero-order valence-electron chi connectivity index (χ0n) is 15.9. The number of ether oxygens (including phenoxy) is 2. The zero-order valence-corrected chi connectivity index (χ0v) is 15.9. The summed E-state index contributed by atoms with van der Waals surface area (Å²) in [6.45, 7) is 9.60. The normalized spacial score (nSPS) is 17.8. The quantitative estimate of drug-likeness (QED) is 0.456. The van der Waals surface area contributed by atoms with Crippen molar-refractivity contribution in [2.24, 2.45) is 5.41 Å². The van der Waals surface area contributed by atoms with Crippen LogP contribution in [0.5, 0.6) is 0 Å². The van der Waals surface area contributed by atoms with Gasteiger partial charge in [0.25, 0.3) is 0 Å². The Hall–Kier alpha value is -1.26. The maximum atomic E-state index is 12.2. The van der Waals surface area contributed by atoms with Crippen molar-refractivity contribution in [1.82, 2.24) is 4.90 Å². The summed E-state index contributed by atoms with van der Waals surface area (Å²) in [7, 11) is 0. The van der Waals surface area contributed by atoms with Crippen LogP contribution in [-0.2, 0) is 14.3 Å². The minimum Gasteiger partial charge on any atom is -0.464 e. The van der Waals surface area contributed by atoms with Crippen molar-refractivity contribution in [2.75, 3.05) is 19.8 Å². The Balaban J connectivity index is 2.28. The molecule has 0 N–H and O–H groups in total. The highest BCUT2D eigenvalue weighted by molar-refractivity contribution is 5.82. The lowest BCUT2D eigenvalue weighted by Gasteiger charge is -2.25. The highest BCUT2D eigenvalue weighted by Crippen LogP contribution is 2.21. The molecule has 24 heavy (non-hydrogen) atoms. The number of nitrogens with zero attached hydrogens (tertiary/aromatic N) is 1. The van der Waals surface area contributed by atoms with E-state index in [-0.39, 0.29) is 11.4 Å². The van der Waals surface area contributed by atoms with Gasteiger partial charge in [-0.3, -0.25) is 4.90 Å². The Labute approximate surface area is 147 Å². The van der Waals surface area contributed by atoms with E-state index in [4.69, 9.17) is 9.47 Å². The van der Waals surface area contributed by atoms with Crippen LogP contribution < -0.4 is 0 Å². The van der Waals surface area contributed by atoms with E-state index in [1.54, 1.807) is 0 Å². The van der Waals surface area contributed by atoms with Crippen LogP contribution in [0.15, 0.2) is 0 Å². The molecule has 0 radical (unpaired) electrons. The number of rotatable bonds is 9. The number of carbonyl (C=O) groups excluding carboxylic acids is 2. The average Bonchev–Trinajstić information content (AvgIpc) is 3.00. The number of carbonyl (C=O) groups is 2. The summed E-state index contributed by atoms with van der Waals surface area (Å²) in [6, 6.07) is -0.474. The number of amides is 1. The fourth-order valence-corrected chi connectivity index (χ4v) is 2.74. The molecule has 1 heterocycles. The first kappa shape index (κ1) is 20.8. The summed E-state index contributed by atoms with van der Waals surface area (Å²) >= 11 is 0.